The van der Waals surface area contributed by atoms with Gasteiger partial charge in [0.25, 0.3) is 17.7 Å². The van der Waals surface area contributed by atoms with Gasteiger partial charge in [0.05, 0.1) is 21.2 Å². The number of likely N-dealkylation sites (N-methyl/N-ethyl adjacent to an activating group) is 1. The van der Waals surface area contributed by atoms with E-state index in [-0.39, 0.29) is 27.1 Å². The normalized spacial score (nSPS) is 13.0. The Balaban J connectivity index is 2.02. The minimum atomic E-state index is -0.854. The Kier molecular flexibility index (Phi) is 6.02. The van der Waals surface area contributed by atoms with Crippen molar-refractivity contribution in [3.05, 3.63) is 33.3 Å². The number of amides is 3. The molecule has 1 heterocycles. The molecule has 3 amide bonds. The molecule has 0 saturated heterocycles. The van der Waals surface area contributed by atoms with Crippen molar-refractivity contribution >= 4 is 46.9 Å². The molecule has 1 aromatic rings. The number of rotatable bonds is 6. The molecule has 0 unspecified atom stereocenters. The Bertz CT molecular complexity index is 705. The summed E-state index contributed by atoms with van der Waals surface area (Å²) in [6, 6.07) is 2.57. The first kappa shape index (κ1) is 19.2. The second-order valence-corrected chi connectivity index (χ2v) is 6.05. The van der Waals surface area contributed by atoms with Crippen molar-refractivity contribution in [1.29, 1.82) is 0 Å². The van der Waals surface area contributed by atoms with Crippen molar-refractivity contribution in [1.82, 2.24) is 9.80 Å². The van der Waals surface area contributed by atoms with Crippen molar-refractivity contribution in [2.45, 2.75) is 13.8 Å². The maximum Gasteiger partial charge on any atom is 0.326 e. The van der Waals surface area contributed by atoms with Crippen molar-refractivity contribution in [2.75, 3.05) is 26.2 Å². The lowest BCUT2D eigenvalue weighted by Gasteiger charge is -2.19. The molecule has 134 valence electrons. The van der Waals surface area contributed by atoms with Gasteiger partial charge in [0.2, 0.25) is 0 Å². The average molecular weight is 387 g/mol. The summed E-state index contributed by atoms with van der Waals surface area (Å²) in [4.78, 5) is 50.5. The van der Waals surface area contributed by atoms with E-state index in [1.54, 1.807) is 13.8 Å². The monoisotopic (exact) mass is 386 g/mol. The predicted octanol–water partition coefficient (Wildman–Crippen LogP) is 2.00. The highest BCUT2D eigenvalue weighted by Crippen LogP contribution is 2.31. The second-order valence-electron chi connectivity index (χ2n) is 5.24. The van der Waals surface area contributed by atoms with Gasteiger partial charge < -0.3 is 9.64 Å². The number of hydrogen-bond donors (Lipinski definition) is 0. The largest absolute Gasteiger partial charge is 0.454 e. The summed E-state index contributed by atoms with van der Waals surface area (Å²) in [5.41, 5.74) is 0.151. The van der Waals surface area contributed by atoms with Crippen LogP contribution in [0.15, 0.2) is 12.1 Å². The number of imide groups is 1. The fourth-order valence-electron chi connectivity index (χ4n) is 2.41. The van der Waals surface area contributed by atoms with Crippen LogP contribution in [0, 0.1) is 0 Å². The third kappa shape index (κ3) is 3.93. The fourth-order valence-corrected chi connectivity index (χ4v) is 2.74. The van der Waals surface area contributed by atoms with E-state index in [9.17, 15) is 19.2 Å². The minimum absolute atomic E-state index is 0.0754. The zero-order valence-corrected chi connectivity index (χ0v) is 15.2. The molecule has 7 nitrogen and oxygen atoms in total. The van der Waals surface area contributed by atoms with Gasteiger partial charge in [-0.1, -0.05) is 23.2 Å². The van der Waals surface area contributed by atoms with Crippen LogP contribution in [0.2, 0.25) is 10.0 Å². The maximum atomic E-state index is 12.3. The van der Waals surface area contributed by atoms with Gasteiger partial charge in [-0.15, -0.1) is 0 Å². The Morgan fingerprint density at radius 3 is 1.96 bits per heavy atom. The topological polar surface area (TPSA) is 84.0 Å². The summed E-state index contributed by atoms with van der Waals surface area (Å²) in [6.45, 7) is 3.56. The van der Waals surface area contributed by atoms with Crippen LogP contribution in [0.3, 0.4) is 0 Å². The zero-order valence-electron chi connectivity index (χ0n) is 13.7. The van der Waals surface area contributed by atoms with Gasteiger partial charge in [-0.25, -0.2) is 0 Å². The lowest BCUT2D eigenvalue weighted by Crippen LogP contribution is -2.38. The molecule has 0 saturated carbocycles. The smallest absolute Gasteiger partial charge is 0.326 e. The molecular weight excluding hydrogens is 371 g/mol. The van der Waals surface area contributed by atoms with Crippen molar-refractivity contribution < 1.29 is 23.9 Å². The third-order valence-corrected chi connectivity index (χ3v) is 4.49. The molecule has 0 N–H and O–H groups in total. The van der Waals surface area contributed by atoms with Crippen LogP contribution >= 0.6 is 23.2 Å². The lowest BCUT2D eigenvalue weighted by molar-refractivity contribution is -0.152. The van der Waals surface area contributed by atoms with Gasteiger partial charge in [-0.3, -0.25) is 24.1 Å². The minimum Gasteiger partial charge on any atom is -0.454 e. The number of ether oxygens (including phenoxy) is 1. The highest BCUT2D eigenvalue weighted by atomic mass is 35.5. The standard InChI is InChI=1S/C16H16Cl2N2O5/c1-3-19(4-2)13(21)8-25-14(22)7-20-15(23)9-5-11(17)12(18)6-10(9)16(20)24/h5-6H,3-4,7-8H2,1-2H3. The van der Waals surface area contributed by atoms with E-state index in [4.69, 9.17) is 27.9 Å². The number of fused-ring (bicyclic) bond motifs is 1. The van der Waals surface area contributed by atoms with E-state index in [2.05, 4.69) is 0 Å². The molecule has 9 heteroatoms. The maximum absolute atomic E-state index is 12.3. The lowest BCUT2D eigenvalue weighted by atomic mass is 10.1. The van der Waals surface area contributed by atoms with Crippen molar-refractivity contribution in [3.8, 4) is 0 Å². The van der Waals surface area contributed by atoms with E-state index in [0.717, 1.165) is 4.90 Å². The van der Waals surface area contributed by atoms with E-state index < -0.39 is 30.9 Å². The zero-order chi connectivity index (χ0) is 18.7. The van der Waals surface area contributed by atoms with Crippen LogP contribution in [-0.4, -0.2) is 59.7 Å². The second kappa shape index (κ2) is 7.84. The molecule has 0 atom stereocenters. The molecule has 25 heavy (non-hydrogen) atoms. The van der Waals surface area contributed by atoms with Gasteiger partial charge in [-0.2, -0.15) is 0 Å². The fraction of sp³-hybridized carbons (Fsp3) is 0.375. The summed E-state index contributed by atoms with van der Waals surface area (Å²) in [5, 5.41) is 0.270. The Hall–Kier alpha value is -2.12. The highest BCUT2D eigenvalue weighted by Gasteiger charge is 2.37. The van der Waals surface area contributed by atoms with E-state index in [1.165, 1.54) is 17.0 Å². The number of hydrogen-bond acceptors (Lipinski definition) is 5. The van der Waals surface area contributed by atoms with Crippen LogP contribution in [0.25, 0.3) is 0 Å². The van der Waals surface area contributed by atoms with Gasteiger partial charge >= 0.3 is 5.97 Å². The van der Waals surface area contributed by atoms with Gasteiger partial charge in [0, 0.05) is 13.1 Å². The van der Waals surface area contributed by atoms with E-state index >= 15 is 0 Å². The molecule has 2 rings (SSSR count). The first-order chi connectivity index (χ1) is 11.8. The van der Waals surface area contributed by atoms with Crippen LogP contribution in [0.5, 0.6) is 0 Å². The summed E-state index contributed by atoms with van der Waals surface area (Å²) in [5.74, 6) is -2.53. The summed E-state index contributed by atoms with van der Waals surface area (Å²) in [7, 11) is 0. The van der Waals surface area contributed by atoms with Crippen molar-refractivity contribution in [2.24, 2.45) is 0 Å². The highest BCUT2D eigenvalue weighted by molar-refractivity contribution is 6.43. The van der Waals surface area contributed by atoms with Crippen LogP contribution in [-0.2, 0) is 14.3 Å². The SMILES string of the molecule is CCN(CC)C(=O)COC(=O)CN1C(=O)c2cc(Cl)c(Cl)cc2C1=O. The summed E-state index contributed by atoms with van der Waals surface area (Å²) in [6.07, 6.45) is 0. The molecule has 0 radical (unpaired) electrons. The summed E-state index contributed by atoms with van der Waals surface area (Å²) < 4.78 is 4.86. The molecule has 0 fully saturated rings. The third-order valence-electron chi connectivity index (χ3n) is 3.77. The first-order valence-corrected chi connectivity index (χ1v) is 8.34. The quantitative estimate of drug-likeness (QED) is 0.551. The Morgan fingerprint density at radius 1 is 1.04 bits per heavy atom. The van der Waals surface area contributed by atoms with Crippen LogP contribution in [0.4, 0.5) is 0 Å². The molecule has 1 aliphatic heterocycles. The van der Waals surface area contributed by atoms with Gasteiger partial charge in [0.1, 0.15) is 6.54 Å². The van der Waals surface area contributed by atoms with Gasteiger partial charge in [0.15, 0.2) is 6.61 Å². The first-order valence-electron chi connectivity index (χ1n) is 7.58. The molecule has 0 aliphatic carbocycles. The molecule has 0 spiro atoms. The Labute approximate surface area is 154 Å². The summed E-state index contributed by atoms with van der Waals surface area (Å²) >= 11 is 11.7. The van der Waals surface area contributed by atoms with Crippen LogP contribution in [0.1, 0.15) is 34.6 Å². The molecule has 1 aromatic carbocycles. The molecule has 0 aromatic heterocycles. The number of halogens is 2. The number of esters is 1. The Morgan fingerprint density at radius 2 is 1.52 bits per heavy atom. The molecule has 0 bridgehead atoms. The molecule has 1 aliphatic rings. The van der Waals surface area contributed by atoms with E-state index in [1.807, 2.05) is 0 Å². The average Bonchev–Trinajstić information content (AvgIpc) is 2.79. The van der Waals surface area contributed by atoms with E-state index in [0.29, 0.717) is 13.1 Å². The van der Waals surface area contributed by atoms with Crippen LogP contribution < -0.4 is 0 Å². The predicted molar refractivity (Wildman–Crippen MR) is 90.7 cm³/mol. The number of nitrogens with zero attached hydrogens (tertiary/aromatic N) is 2. The number of carbonyl (C=O) groups excluding carboxylic acids is 4. The molecular formula is C16H16Cl2N2O5. The van der Waals surface area contributed by atoms with Gasteiger partial charge in [-0.05, 0) is 26.0 Å². The number of carbonyl (C=O) groups is 4. The van der Waals surface area contributed by atoms with Crippen molar-refractivity contribution in [3.63, 3.8) is 0 Å². The number of benzene rings is 1.